The Hall–Kier alpha value is -1.61. The van der Waals surface area contributed by atoms with Gasteiger partial charge in [-0.15, -0.1) is 16.4 Å². The number of carbonyl (C=O) groups excluding carboxylic acids is 1. The number of carbonyl (C=O) groups is 1. The Morgan fingerprint density at radius 3 is 3.05 bits per heavy atom. The van der Waals surface area contributed by atoms with Crippen LogP contribution in [-0.2, 0) is 11.2 Å². The molecule has 9 heteroatoms. The number of nitrogen functional groups attached to an aromatic ring is 1. The first-order valence-corrected chi connectivity index (χ1v) is 7.48. The van der Waals surface area contributed by atoms with Crippen molar-refractivity contribution in [2.75, 3.05) is 18.0 Å². The molecule has 1 amide bonds. The van der Waals surface area contributed by atoms with Gasteiger partial charge in [-0.05, 0) is 6.92 Å². The molecule has 0 bridgehead atoms. The second-order valence-electron chi connectivity index (χ2n) is 3.78. The van der Waals surface area contributed by atoms with E-state index in [0.29, 0.717) is 24.5 Å². The SMILES string of the molecule is Cc1csc(SCC(=O)NCCc2nc(N)n[nH]2)n1. The second-order valence-corrected chi connectivity index (χ2v) is 5.86. The van der Waals surface area contributed by atoms with Crippen molar-refractivity contribution in [3.63, 3.8) is 0 Å². The number of anilines is 1. The molecule has 2 rings (SSSR count). The van der Waals surface area contributed by atoms with Crippen molar-refractivity contribution in [2.45, 2.75) is 17.7 Å². The lowest BCUT2D eigenvalue weighted by atomic mass is 10.4. The van der Waals surface area contributed by atoms with Crippen LogP contribution in [0.15, 0.2) is 9.72 Å². The molecule has 0 fully saturated rings. The lowest BCUT2D eigenvalue weighted by Gasteiger charge is -2.02. The minimum Gasteiger partial charge on any atom is -0.367 e. The number of amides is 1. The highest BCUT2D eigenvalue weighted by Crippen LogP contribution is 2.21. The summed E-state index contributed by atoms with van der Waals surface area (Å²) < 4.78 is 0.913. The molecule has 0 spiro atoms. The van der Waals surface area contributed by atoms with Crippen molar-refractivity contribution in [3.05, 3.63) is 16.9 Å². The zero-order valence-corrected chi connectivity index (χ0v) is 12.0. The molecule has 4 N–H and O–H groups in total. The van der Waals surface area contributed by atoms with Crippen molar-refractivity contribution in [1.29, 1.82) is 0 Å². The van der Waals surface area contributed by atoms with Gasteiger partial charge in [-0.3, -0.25) is 9.89 Å². The number of thiazole rings is 1. The number of hydrogen-bond donors (Lipinski definition) is 3. The fraction of sp³-hybridized carbons (Fsp3) is 0.400. The van der Waals surface area contributed by atoms with E-state index >= 15 is 0 Å². The number of aryl methyl sites for hydroxylation is 1. The number of aromatic amines is 1. The number of nitrogens with two attached hydrogens (primary N) is 1. The van der Waals surface area contributed by atoms with Crippen LogP contribution in [0.25, 0.3) is 0 Å². The molecule has 2 aromatic heterocycles. The number of nitrogens with one attached hydrogen (secondary N) is 2. The van der Waals surface area contributed by atoms with Crippen LogP contribution in [0.1, 0.15) is 11.5 Å². The van der Waals surface area contributed by atoms with Gasteiger partial charge in [0, 0.05) is 24.0 Å². The molecule has 0 aliphatic heterocycles. The summed E-state index contributed by atoms with van der Waals surface area (Å²) in [6, 6.07) is 0. The zero-order chi connectivity index (χ0) is 13.7. The van der Waals surface area contributed by atoms with Gasteiger partial charge in [-0.25, -0.2) is 4.98 Å². The molecular weight excluding hydrogens is 284 g/mol. The molecule has 102 valence electrons. The zero-order valence-electron chi connectivity index (χ0n) is 10.3. The van der Waals surface area contributed by atoms with Gasteiger partial charge in [0.1, 0.15) is 5.82 Å². The Morgan fingerprint density at radius 1 is 1.58 bits per heavy atom. The molecule has 0 saturated carbocycles. The fourth-order valence-corrected chi connectivity index (χ4v) is 3.00. The van der Waals surface area contributed by atoms with Crippen molar-refractivity contribution in [1.82, 2.24) is 25.5 Å². The average Bonchev–Trinajstić information content (AvgIpc) is 2.96. The number of H-pyrrole nitrogens is 1. The highest BCUT2D eigenvalue weighted by atomic mass is 32.2. The van der Waals surface area contributed by atoms with E-state index in [9.17, 15) is 4.79 Å². The predicted octanol–water partition coefficient (Wildman–Crippen LogP) is 0.603. The van der Waals surface area contributed by atoms with Crippen LogP contribution < -0.4 is 11.1 Å². The normalized spacial score (nSPS) is 10.6. The monoisotopic (exact) mass is 298 g/mol. The van der Waals surface area contributed by atoms with E-state index in [-0.39, 0.29) is 11.9 Å². The highest BCUT2D eigenvalue weighted by Gasteiger charge is 2.06. The second kappa shape index (κ2) is 6.53. The topological polar surface area (TPSA) is 110 Å². The molecule has 0 unspecified atom stereocenters. The van der Waals surface area contributed by atoms with E-state index in [2.05, 4.69) is 25.5 Å². The molecule has 0 radical (unpaired) electrons. The molecule has 7 nitrogen and oxygen atoms in total. The van der Waals surface area contributed by atoms with E-state index in [1.165, 1.54) is 11.8 Å². The van der Waals surface area contributed by atoms with Crippen LogP contribution in [0.4, 0.5) is 5.95 Å². The van der Waals surface area contributed by atoms with Crippen molar-refractivity contribution in [2.24, 2.45) is 0 Å². The van der Waals surface area contributed by atoms with Crippen LogP contribution in [0.5, 0.6) is 0 Å². The molecule has 0 saturated heterocycles. The van der Waals surface area contributed by atoms with E-state index in [0.717, 1.165) is 10.0 Å². The van der Waals surface area contributed by atoms with Crippen LogP contribution >= 0.6 is 23.1 Å². The van der Waals surface area contributed by atoms with E-state index in [1.54, 1.807) is 11.3 Å². The number of rotatable bonds is 6. The number of aromatic nitrogens is 4. The van der Waals surface area contributed by atoms with Crippen molar-refractivity contribution < 1.29 is 4.79 Å². The van der Waals surface area contributed by atoms with Crippen LogP contribution in [-0.4, -0.2) is 38.4 Å². The summed E-state index contributed by atoms with van der Waals surface area (Å²) in [5, 5.41) is 11.2. The lowest BCUT2D eigenvalue weighted by molar-refractivity contribution is -0.118. The quantitative estimate of drug-likeness (QED) is 0.674. The largest absolute Gasteiger partial charge is 0.367 e. The summed E-state index contributed by atoms with van der Waals surface area (Å²) in [6.07, 6.45) is 0.580. The van der Waals surface area contributed by atoms with E-state index in [1.807, 2.05) is 12.3 Å². The molecule has 2 aromatic rings. The van der Waals surface area contributed by atoms with Gasteiger partial charge in [0.25, 0.3) is 0 Å². The molecule has 2 heterocycles. The van der Waals surface area contributed by atoms with Gasteiger partial charge in [0.15, 0.2) is 4.34 Å². The van der Waals surface area contributed by atoms with Crippen molar-refractivity contribution >= 4 is 35.0 Å². The molecular formula is C10H14N6OS2. The maximum Gasteiger partial charge on any atom is 0.239 e. The summed E-state index contributed by atoms with van der Waals surface area (Å²) in [7, 11) is 0. The maximum absolute atomic E-state index is 11.6. The Morgan fingerprint density at radius 2 is 2.42 bits per heavy atom. The number of nitrogens with zero attached hydrogens (tertiary/aromatic N) is 3. The van der Waals surface area contributed by atoms with Gasteiger partial charge in [-0.1, -0.05) is 11.8 Å². The summed E-state index contributed by atoms with van der Waals surface area (Å²) in [6.45, 7) is 2.44. The van der Waals surface area contributed by atoms with Crippen LogP contribution in [0, 0.1) is 6.92 Å². The lowest BCUT2D eigenvalue weighted by Crippen LogP contribution is -2.27. The Bertz CT molecular complexity index is 552. The van der Waals surface area contributed by atoms with Gasteiger partial charge in [-0.2, -0.15) is 4.98 Å². The third-order valence-corrected chi connectivity index (χ3v) is 4.30. The molecule has 0 aromatic carbocycles. The first-order chi connectivity index (χ1) is 9.13. The molecule has 19 heavy (non-hydrogen) atoms. The summed E-state index contributed by atoms with van der Waals surface area (Å²) >= 11 is 2.99. The van der Waals surface area contributed by atoms with Gasteiger partial charge >= 0.3 is 0 Å². The first kappa shape index (κ1) is 13.8. The third kappa shape index (κ3) is 4.52. The molecule has 0 aliphatic rings. The average molecular weight is 298 g/mol. The molecule has 0 aliphatic carbocycles. The van der Waals surface area contributed by atoms with Gasteiger partial charge < -0.3 is 11.1 Å². The van der Waals surface area contributed by atoms with E-state index in [4.69, 9.17) is 5.73 Å². The third-order valence-electron chi connectivity index (χ3n) is 2.16. The molecule has 0 atom stereocenters. The summed E-state index contributed by atoms with van der Waals surface area (Å²) in [5.74, 6) is 1.23. The van der Waals surface area contributed by atoms with Crippen LogP contribution in [0.2, 0.25) is 0 Å². The Labute approximate surface area is 118 Å². The standard InChI is InChI=1S/C10H14N6OS2/c1-6-4-18-10(13-6)19-5-8(17)12-3-2-7-14-9(11)16-15-7/h4H,2-3,5H2,1H3,(H,12,17)(H3,11,14,15,16). The summed E-state index contributed by atoms with van der Waals surface area (Å²) in [4.78, 5) is 19.8. The van der Waals surface area contributed by atoms with Crippen molar-refractivity contribution in [3.8, 4) is 0 Å². The first-order valence-electron chi connectivity index (χ1n) is 5.62. The Balaban J connectivity index is 1.64. The predicted molar refractivity (Wildman–Crippen MR) is 75.1 cm³/mol. The number of thioether (sulfide) groups is 1. The minimum absolute atomic E-state index is 0.0228. The fourth-order valence-electron chi connectivity index (χ4n) is 1.32. The summed E-state index contributed by atoms with van der Waals surface area (Å²) in [5.41, 5.74) is 6.36. The van der Waals surface area contributed by atoms with E-state index < -0.39 is 0 Å². The van der Waals surface area contributed by atoms with Crippen LogP contribution in [0.3, 0.4) is 0 Å². The maximum atomic E-state index is 11.6. The highest BCUT2D eigenvalue weighted by molar-refractivity contribution is 8.01. The smallest absolute Gasteiger partial charge is 0.239 e. The minimum atomic E-state index is -0.0228. The van der Waals surface area contributed by atoms with Gasteiger partial charge in [0.2, 0.25) is 11.9 Å². The number of hydrogen-bond acceptors (Lipinski definition) is 7. The Kier molecular flexibility index (Phi) is 4.74. The van der Waals surface area contributed by atoms with Gasteiger partial charge in [0.05, 0.1) is 5.75 Å².